The van der Waals surface area contributed by atoms with E-state index in [2.05, 4.69) is 20.5 Å². The summed E-state index contributed by atoms with van der Waals surface area (Å²) in [4.78, 5) is 51.4. The zero-order chi connectivity index (χ0) is 41.3. The first-order valence-electron chi connectivity index (χ1n) is 18.7. The minimum Gasteiger partial charge on any atom is -0.481 e. The number of ether oxygens (including phenoxy) is 1. The molecule has 18 heteroatoms. The summed E-state index contributed by atoms with van der Waals surface area (Å²) in [6, 6.07) is 12.8. The highest BCUT2D eigenvalue weighted by Gasteiger charge is 2.46. The molecular formula is C40H39Cl2F3N8O5. The molecule has 0 saturated carbocycles. The van der Waals surface area contributed by atoms with E-state index in [1.807, 2.05) is 12.1 Å². The Kier molecular flexibility index (Phi) is 10.2. The summed E-state index contributed by atoms with van der Waals surface area (Å²) in [6.07, 6.45) is -1.65. The Morgan fingerprint density at radius 3 is 2.40 bits per heavy atom. The summed E-state index contributed by atoms with van der Waals surface area (Å²) in [5, 5.41) is 15.6. The minimum atomic E-state index is -4.88. The molecule has 304 valence electrons. The van der Waals surface area contributed by atoms with E-state index in [1.54, 1.807) is 36.3 Å². The summed E-state index contributed by atoms with van der Waals surface area (Å²) in [5.41, 5.74) is 0.858. The fourth-order valence-electron chi connectivity index (χ4n) is 8.60. The second-order valence-corrected chi connectivity index (χ2v) is 15.7. The number of carbonyl (C=O) groups is 1. The van der Waals surface area contributed by atoms with Crippen LogP contribution in [-0.2, 0) is 26.7 Å². The van der Waals surface area contributed by atoms with Gasteiger partial charge in [-0.2, -0.15) is 13.2 Å². The topological polar surface area (TPSA) is 147 Å². The number of likely N-dealkylation sites (tertiary alicyclic amines) is 1. The molecule has 2 saturated heterocycles. The van der Waals surface area contributed by atoms with Crippen LogP contribution >= 0.6 is 23.2 Å². The van der Waals surface area contributed by atoms with Crippen LogP contribution < -0.4 is 26.6 Å². The van der Waals surface area contributed by atoms with Crippen LogP contribution in [-0.4, -0.2) is 85.5 Å². The van der Waals surface area contributed by atoms with Gasteiger partial charge in [-0.3, -0.25) is 18.8 Å². The van der Waals surface area contributed by atoms with Crippen molar-refractivity contribution < 1.29 is 27.8 Å². The lowest BCUT2D eigenvalue weighted by Crippen LogP contribution is -2.61. The van der Waals surface area contributed by atoms with E-state index in [0.29, 0.717) is 59.0 Å². The Balaban J connectivity index is 1.11. The molecule has 2 fully saturated rings. The molecule has 13 nitrogen and oxygen atoms in total. The van der Waals surface area contributed by atoms with Gasteiger partial charge in [-0.05, 0) is 49.4 Å². The number of anilines is 2. The second kappa shape index (κ2) is 14.9. The predicted octanol–water partition coefficient (Wildman–Crippen LogP) is 6.28. The van der Waals surface area contributed by atoms with E-state index in [9.17, 15) is 32.7 Å². The van der Waals surface area contributed by atoms with E-state index < -0.39 is 28.9 Å². The van der Waals surface area contributed by atoms with Crippen LogP contribution in [0.3, 0.4) is 0 Å². The van der Waals surface area contributed by atoms with Crippen LogP contribution in [0.25, 0.3) is 33.3 Å². The molecule has 8 rings (SSSR count). The van der Waals surface area contributed by atoms with Gasteiger partial charge >= 0.3 is 17.9 Å². The Labute approximate surface area is 340 Å². The number of hydrogen-bond donors (Lipinski definition) is 3. The molecule has 1 aliphatic carbocycles. The molecule has 3 aliphatic rings. The molecule has 2 aromatic carbocycles. The number of amides is 2. The van der Waals surface area contributed by atoms with Crippen molar-refractivity contribution in [2.75, 3.05) is 45.2 Å². The van der Waals surface area contributed by atoms with Gasteiger partial charge in [-0.1, -0.05) is 53.5 Å². The Morgan fingerprint density at radius 2 is 1.69 bits per heavy atom. The maximum atomic E-state index is 14.0. The number of urea groups is 1. The van der Waals surface area contributed by atoms with Gasteiger partial charge < -0.3 is 25.4 Å². The Hall–Kier alpha value is -5.16. The van der Waals surface area contributed by atoms with Crippen molar-refractivity contribution in [2.24, 2.45) is 14.1 Å². The Morgan fingerprint density at radius 1 is 0.983 bits per heavy atom. The number of rotatable bonds is 8. The van der Waals surface area contributed by atoms with Gasteiger partial charge in [-0.15, -0.1) is 0 Å². The van der Waals surface area contributed by atoms with Crippen LogP contribution in [0, 0.1) is 0 Å². The summed E-state index contributed by atoms with van der Waals surface area (Å²) >= 11 is 14.1. The number of nitrogens with zero attached hydrogens (tertiary/aromatic N) is 6. The number of aliphatic hydroxyl groups excluding tert-OH is 1. The van der Waals surface area contributed by atoms with Crippen LogP contribution in [0.15, 0.2) is 58.1 Å². The fourth-order valence-corrected chi connectivity index (χ4v) is 9.20. The fraction of sp³-hybridized carbons (Fsp3) is 0.375. The summed E-state index contributed by atoms with van der Waals surface area (Å²) in [5.74, 6) is 0.0536. The van der Waals surface area contributed by atoms with Crippen molar-refractivity contribution in [2.45, 2.75) is 43.4 Å². The SMILES string of the molecule is COc1nc(-c2cccc(-c3cccc(Nc4nc(C(F)(F)F)cc5c4c(=O)n(C)c(=O)n5C)c3Cl)c2Cl)cc2c1C(N1CCC3(CCN(CCO)C(=O)N3)C1)CC2. The molecule has 2 atom stereocenters. The molecule has 5 aromatic rings. The van der Waals surface area contributed by atoms with Gasteiger partial charge in [0.1, 0.15) is 16.9 Å². The molecule has 0 radical (unpaired) electrons. The van der Waals surface area contributed by atoms with Crippen LogP contribution in [0.1, 0.15) is 42.1 Å². The maximum absolute atomic E-state index is 14.0. The molecule has 2 unspecified atom stereocenters. The first kappa shape index (κ1) is 39.7. The van der Waals surface area contributed by atoms with Gasteiger partial charge in [-0.25, -0.2) is 19.6 Å². The Bertz CT molecular complexity index is 2620. The van der Waals surface area contributed by atoms with Gasteiger partial charge in [0.05, 0.1) is 46.2 Å². The second-order valence-electron chi connectivity index (χ2n) is 14.9. The van der Waals surface area contributed by atoms with Gasteiger partial charge in [0.15, 0.2) is 0 Å². The number of aryl methyl sites for hydroxylation is 2. The van der Waals surface area contributed by atoms with Crippen molar-refractivity contribution in [1.82, 2.24) is 34.2 Å². The van der Waals surface area contributed by atoms with E-state index in [1.165, 1.54) is 20.2 Å². The molecule has 3 N–H and O–H groups in total. The number of carbonyl (C=O) groups excluding carboxylic acids is 1. The average molecular weight is 840 g/mol. The van der Waals surface area contributed by atoms with E-state index in [-0.39, 0.29) is 45.8 Å². The largest absolute Gasteiger partial charge is 0.481 e. The van der Waals surface area contributed by atoms with E-state index >= 15 is 0 Å². The average Bonchev–Trinajstić information content (AvgIpc) is 3.81. The number of benzene rings is 2. The molecule has 5 heterocycles. The van der Waals surface area contributed by atoms with Crippen molar-refractivity contribution in [3.63, 3.8) is 0 Å². The number of aromatic nitrogens is 4. The van der Waals surface area contributed by atoms with Crippen molar-refractivity contribution in [3.05, 3.63) is 96.2 Å². The first-order valence-corrected chi connectivity index (χ1v) is 19.4. The number of alkyl halides is 3. The number of aliphatic hydroxyl groups is 1. The predicted molar refractivity (Wildman–Crippen MR) is 214 cm³/mol. The van der Waals surface area contributed by atoms with Crippen LogP contribution in [0.4, 0.5) is 29.5 Å². The maximum Gasteiger partial charge on any atom is 0.433 e. The molecule has 2 amide bonds. The third-order valence-electron chi connectivity index (χ3n) is 11.6. The highest BCUT2D eigenvalue weighted by atomic mass is 35.5. The van der Waals surface area contributed by atoms with Crippen molar-refractivity contribution in [3.8, 4) is 28.3 Å². The van der Waals surface area contributed by atoms with Crippen molar-refractivity contribution in [1.29, 1.82) is 0 Å². The molecule has 1 spiro atoms. The highest BCUT2D eigenvalue weighted by Crippen LogP contribution is 2.47. The van der Waals surface area contributed by atoms with E-state index in [0.717, 1.165) is 52.5 Å². The lowest BCUT2D eigenvalue weighted by Gasteiger charge is -2.40. The van der Waals surface area contributed by atoms with Crippen LogP contribution in [0.5, 0.6) is 5.88 Å². The smallest absolute Gasteiger partial charge is 0.433 e. The number of β-amino-alcohol motifs (C(OH)–C–C–N with tert-alkyl or cyclic N) is 1. The number of fused-ring (bicyclic) bond motifs is 2. The number of methoxy groups -OCH3 is 1. The first-order chi connectivity index (χ1) is 27.6. The number of hydrogen-bond acceptors (Lipinski definition) is 9. The summed E-state index contributed by atoms with van der Waals surface area (Å²) in [6.45, 7) is 2.32. The molecule has 2 aliphatic heterocycles. The number of pyridine rings is 2. The van der Waals surface area contributed by atoms with Crippen molar-refractivity contribution >= 4 is 51.6 Å². The standard InChI is InChI=1S/C40H39Cl2F3N8O5/c1-50-28-19-29(40(43,44)45)48-34(31(28)36(55)51(2)38(50)57)46-25-9-5-7-23(33(25)42)22-6-4-8-24(32(22)41)26-18-21-10-11-27(30(21)35(47-26)58-3)53-15-13-39(20-53)12-14-52(16-17-54)37(56)49-39/h4-9,18-19,27,54H,10-17,20H2,1-3H3,(H,46,48)(H,49,56). The zero-order valence-corrected chi connectivity index (χ0v) is 33.2. The molecule has 58 heavy (non-hydrogen) atoms. The third kappa shape index (κ3) is 6.74. The van der Waals surface area contributed by atoms with Crippen LogP contribution in [0.2, 0.25) is 10.0 Å². The monoisotopic (exact) mass is 838 g/mol. The highest BCUT2D eigenvalue weighted by molar-refractivity contribution is 6.39. The van der Waals surface area contributed by atoms with E-state index in [4.69, 9.17) is 32.9 Å². The van der Waals surface area contributed by atoms with Gasteiger partial charge in [0.25, 0.3) is 5.56 Å². The summed E-state index contributed by atoms with van der Waals surface area (Å²) in [7, 11) is 4.09. The number of nitrogens with one attached hydrogen (secondary N) is 2. The van der Waals surface area contributed by atoms with Gasteiger partial charge in [0.2, 0.25) is 5.88 Å². The number of halogens is 5. The molecule has 0 bridgehead atoms. The normalized spacial score (nSPS) is 19.6. The molecular weight excluding hydrogens is 800 g/mol. The minimum absolute atomic E-state index is 0.0441. The molecule has 3 aromatic heterocycles. The lowest BCUT2D eigenvalue weighted by atomic mass is 9.92. The quantitative estimate of drug-likeness (QED) is 0.164. The zero-order valence-electron chi connectivity index (χ0n) is 31.7. The van der Waals surface area contributed by atoms with Gasteiger partial charge in [0, 0.05) is 68.6 Å². The summed E-state index contributed by atoms with van der Waals surface area (Å²) < 4.78 is 49.7. The lowest BCUT2D eigenvalue weighted by molar-refractivity contribution is -0.141. The third-order valence-corrected chi connectivity index (χ3v) is 12.4.